The second-order valence-corrected chi connectivity index (χ2v) is 5.54. The zero-order chi connectivity index (χ0) is 13.8. The lowest BCUT2D eigenvalue weighted by molar-refractivity contribution is -0.133. The second kappa shape index (κ2) is 5.80. The summed E-state index contributed by atoms with van der Waals surface area (Å²) < 4.78 is 5.26. The first-order chi connectivity index (χ1) is 9.04. The van der Waals surface area contributed by atoms with Crippen molar-refractivity contribution in [2.24, 2.45) is 0 Å². The van der Waals surface area contributed by atoms with Crippen molar-refractivity contribution in [2.45, 2.75) is 11.3 Å². The van der Waals surface area contributed by atoms with E-state index in [2.05, 4.69) is 20.7 Å². The minimum Gasteiger partial charge on any atom is -0.481 e. The molecule has 100 valence electrons. The minimum atomic E-state index is -0.942. The molecular formula is C9H8N4O4S2. The zero-order valence-electron chi connectivity index (χ0n) is 9.61. The van der Waals surface area contributed by atoms with E-state index >= 15 is 0 Å². The fraction of sp³-hybridized carbons (Fsp3) is 0.222. The van der Waals surface area contributed by atoms with Gasteiger partial charge in [0, 0.05) is 6.07 Å². The van der Waals surface area contributed by atoms with Crippen LogP contribution in [0.3, 0.4) is 0 Å². The first-order valence-electron chi connectivity index (χ1n) is 4.97. The van der Waals surface area contributed by atoms with E-state index in [0.717, 1.165) is 23.1 Å². The predicted octanol–water partition coefficient (Wildman–Crippen LogP) is 1.26. The van der Waals surface area contributed by atoms with Crippen LogP contribution >= 0.6 is 23.1 Å². The second-order valence-electron chi connectivity index (χ2n) is 3.34. The van der Waals surface area contributed by atoms with Gasteiger partial charge in [-0.3, -0.25) is 14.9 Å². The van der Waals surface area contributed by atoms with E-state index in [0.29, 0.717) is 10.0 Å². The van der Waals surface area contributed by atoms with Gasteiger partial charge >= 0.3 is 5.97 Å². The monoisotopic (exact) mass is 300 g/mol. The number of carboxylic acid groups (broad SMARTS) is 1. The summed E-state index contributed by atoms with van der Waals surface area (Å²) in [7, 11) is 0. The molecule has 0 bridgehead atoms. The summed E-state index contributed by atoms with van der Waals surface area (Å²) in [6, 6.07) is 1.50. The minimum absolute atomic E-state index is 0.0763. The van der Waals surface area contributed by atoms with Crippen molar-refractivity contribution in [3.05, 3.63) is 17.5 Å². The maximum atomic E-state index is 11.7. The average Bonchev–Trinajstić information content (AvgIpc) is 2.95. The number of aryl methyl sites for hydroxylation is 1. The van der Waals surface area contributed by atoms with Gasteiger partial charge in [0.2, 0.25) is 10.9 Å². The summed E-state index contributed by atoms with van der Waals surface area (Å²) >= 11 is 2.12. The molecule has 0 aliphatic heterocycles. The highest BCUT2D eigenvalue weighted by Gasteiger charge is 2.14. The van der Waals surface area contributed by atoms with E-state index in [1.54, 1.807) is 6.92 Å². The first-order valence-corrected chi connectivity index (χ1v) is 6.77. The average molecular weight is 300 g/mol. The fourth-order valence-electron chi connectivity index (χ4n) is 1.07. The number of anilines is 1. The Hall–Kier alpha value is -1.94. The molecule has 0 aliphatic rings. The standard InChI is InChI=1S/C9H8N4O4S2/c1-4-2-5(17-13-4)7(16)10-8-11-12-9(19-8)18-3-6(14)15/h2H,3H2,1H3,(H,14,15)(H,10,11,16). The molecule has 0 aliphatic carbocycles. The fourth-order valence-corrected chi connectivity index (χ4v) is 2.54. The molecule has 0 radical (unpaired) electrons. The maximum Gasteiger partial charge on any atom is 0.313 e. The molecule has 0 saturated heterocycles. The van der Waals surface area contributed by atoms with Crippen molar-refractivity contribution in [1.82, 2.24) is 15.4 Å². The zero-order valence-corrected chi connectivity index (χ0v) is 11.2. The van der Waals surface area contributed by atoms with Crippen LogP contribution < -0.4 is 5.32 Å². The van der Waals surface area contributed by atoms with Crippen molar-refractivity contribution in [3.63, 3.8) is 0 Å². The Bertz CT molecular complexity index is 609. The van der Waals surface area contributed by atoms with Crippen LogP contribution in [0.5, 0.6) is 0 Å². The van der Waals surface area contributed by atoms with Crippen LogP contribution in [0.4, 0.5) is 5.13 Å². The van der Waals surface area contributed by atoms with Crippen LogP contribution in [-0.4, -0.2) is 38.1 Å². The van der Waals surface area contributed by atoms with Gasteiger partial charge in [0.25, 0.3) is 5.91 Å². The van der Waals surface area contributed by atoms with Gasteiger partial charge in [-0.2, -0.15) is 0 Å². The van der Waals surface area contributed by atoms with Crippen molar-refractivity contribution in [1.29, 1.82) is 0 Å². The van der Waals surface area contributed by atoms with Crippen LogP contribution in [0.25, 0.3) is 0 Å². The summed E-state index contributed by atoms with van der Waals surface area (Å²) in [5, 5.41) is 22.4. The molecule has 8 nitrogen and oxygen atoms in total. The van der Waals surface area contributed by atoms with Gasteiger partial charge < -0.3 is 9.63 Å². The Morgan fingerprint density at radius 1 is 1.53 bits per heavy atom. The van der Waals surface area contributed by atoms with Crippen molar-refractivity contribution in [3.8, 4) is 0 Å². The number of rotatable bonds is 5. The number of hydrogen-bond donors (Lipinski definition) is 2. The van der Waals surface area contributed by atoms with Crippen LogP contribution in [0, 0.1) is 6.92 Å². The van der Waals surface area contributed by atoms with Gasteiger partial charge in [0.05, 0.1) is 11.4 Å². The summed E-state index contributed by atoms with van der Waals surface area (Å²) in [6.45, 7) is 1.70. The van der Waals surface area contributed by atoms with Gasteiger partial charge in [-0.1, -0.05) is 28.3 Å². The number of nitrogens with zero attached hydrogens (tertiary/aromatic N) is 3. The number of aliphatic carboxylic acids is 1. The molecule has 0 fully saturated rings. The van der Waals surface area contributed by atoms with Gasteiger partial charge in [0.1, 0.15) is 0 Å². The van der Waals surface area contributed by atoms with E-state index in [4.69, 9.17) is 9.63 Å². The number of nitrogens with one attached hydrogen (secondary N) is 1. The third-order valence-corrected chi connectivity index (χ3v) is 3.75. The number of aromatic nitrogens is 3. The Balaban J connectivity index is 1.96. The molecule has 0 unspecified atom stereocenters. The third kappa shape index (κ3) is 3.76. The highest BCUT2D eigenvalue weighted by molar-refractivity contribution is 8.01. The van der Waals surface area contributed by atoms with Crippen LogP contribution in [0.15, 0.2) is 14.9 Å². The third-order valence-electron chi connectivity index (χ3n) is 1.80. The summed E-state index contributed by atoms with van der Waals surface area (Å²) in [5.41, 5.74) is 0.597. The maximum absolute atomic E-state index is 11.7. The van der Waals surface area contributed by atoms with E-state index < -0.39 is 11.9 Å². The molecule has 2 aromatic heterocycles. The molecule has 2 aromatic rings. The van der Waals surface area contributed by atoms with Crippen LogP contribution in [0.2, 0.25) is 0 Å². The number of carbonyl (C=O) groups is 2. The first kappa shape index (κ1) is 13.5. The molecule has 19 heavy (non-hydrogen) atoms. The quantitative estimate of drug-likeness (QED) is 0.626. The Morgan fingerprint density at radius 2 is 2.32 bits per heavy atom. The van der Waals surface area contributed by atoms with Crippen molar-refractivity contribution >= 4 is 40.1 Å². The van der Waals surface area contributed by atoms with E-state index in [-0.39, 0.29) is 16.6 Å². The molecule has 2 N–H and O–H groups in total. The van der Waals surface area contributed by atoms with Gasteiger partial charge in [-0.25, -0.2) is 0 Å². The van der Waals surface area contributed by atoms with Gasteiger partial charge in [-0.05, 0) is 6.92 Å². The lowest BCUT2D eigenvalue weighted by Crippen LogP contribution is -2.10. The summed E-state index contributed by atoms with van der Waals surface area (Å²) in [5.74, 6) is -1.45. The Kier molecular flexibility index (Phi) is 4.12. The topological polar surface area (TPSA) is 118 Å². The largest absolute Gasteiger partial charge is 0.481 e. The number of carbonyl (C=O) groups excluding carboxylic acids is 1. The highest BCUT2D eigenvalue weighted by atomic mass is 32.2. The molecule has 0 aromatic carbocycles. The molecular weight excluding hydrogens is 292 g/mol. The molecule has 2 rings (SSSR count). The number of hydrogen-bond acceptors (Lipinski definition) is 8. The summed E-state index contributed by atoms with van der Waals surface area (Å²) in [4.78, 5) is 22.1. The molecule has 0 saturated carbocycles. The molecule has 10 heteroatoms. The molecule has 0 atom stereocenters. The molecule has 1 amide bonds. The number of thioether (sulfide) groups is 1. The molecule has 2 heterocycles. The number of amides is 1. The lowest BCUT2D eigenvalue weighted by atomic mass is 10.4. The van der Waals surface area contributed by atoms with E-state index in [1.807, 2.05) is 0 Å². The van der Waals surface area contributed by atoms with Crippen molar-refractivity contribution < 1.29 is 19.2 Å². The van der Waals surface area contributed by atoms with Gasteiger partial charge in [-0.15, -0.1) is 10.2 Å². The molecule has 0 spiro atoms. The number of carboxylic acids is 1. The van der Waals surface area contributed by atoms with Gasteiger partial charge in [0.15, 0.2) is 4.34 Å². The van der Waals surface area contributed by atoms with E-state index in [1.165, 1.54) is 6.07 Å². The normalized spacial score (nSPS) is 10.4. The Labute approximate surface area is 115 Å². The Morgan fingerprint density at radius 3 is 2.95 bits per heavy atom. The van der Waals surface area contributed by atoms with Crippen LogP contribution in [-0.2, 0) is 4.79 Å². The highest BCUT2D eigenvalue weighted by Crippen LogP contribution is 2.25. The predicted molar refractivity (Wildman–Crippen MR) is 67.5 cm³/mol. The lowest BCUT2D eigenvalue weighted by Gasteiger charge is -1.94. The van der Waals surface area contributed by atoms with Crippen LogP contribution in [0.1, 0.15) is 16.2 Å². The van der Waals surface area contributed by atoms with Crippen molar-refractivity contribution in [2.75, 3.05) is 11.1 Å². The van der Waals surface area contributed by atoms with E-state index in [9.17, 15) is 9.59 Å². The smallest absolute Gasteiger partial charge is 0.313 e. The SMILES string of the molecule is Cc1cc(C(=O)Nc2nnc(SCC(=O)O)s2)on1. The summed E-state index contributed by atoms with van der Waals surface area (Å²) in [6.07, 6.45) is 0.